The number of carbonyl (C=O) groups is 1. The van der Waals surface area contributed by atoms with Gasteiger partial charge in [0.2, 0.25) is 0 Å². The van der Waals surface area contributed by atoms with Gasteiger partial charge in [-0.3, -0.25) is 0 Å². The Bertz CT molecular complexity index is 963. The number of amides is 1. The summed E-state index contributed by atoms with van der Waals surface area (Å²) in [5.41, 5.74) is 6.64. The molecule has 0 aliphatic carbocycles. The zero-order chi connectivity index (χ0) is 24.9. The van der Waals surface area contributed by atoms with Crippen molar-refractivity contribution in [1.82, 2.24) is 0 Å². The Labute approximate surface area is 217 Å². The van der Waals surface area contributed by atoms with Gasteiger partial charge in [0.25, 0.3) is 0 Å². The number of hydrogen-bond acceptors (Lipinski definition) is 5. The van der Waals surface area contributed by atoms with Gasteiger partial charge in [0.15, 0.2) is 8.32 Å². The molecular weight excluding hydrogens is 561 g/mol. The quantitative estimate of drug-likeness (QED) is 0.271. The number of primary amides is 1. The number of nitrogens with two attached hydrogens (primary N) is 1. The summed E-state index contributed by atoms with van der Waals surface area (Å²) in [7, 11) is -2.12. The summed E-state index contributed by atoms with van der Waals surface area (Å²) in [6, 6.07) is 15.8. The van der Waals surface area contributed by atoms with E-state index in [1.165, 1.54) is 9.13 Å². The fourth-order valence-electron chi connectivity index (χ4n) is 3.77. The maximum absolute atomic E-state index is 11.8. The van der Waals surface area contributed by atoms with Crippen LogP contribution in [0.1, 0.15) is 39.2 Å². The molecule has 0 radical (unpaired) electrons. The SMILES string of the molecule is CC(C)(C)[Si](C)(C)O[C@H](COc1ccccc1)CC(OC(N)=O)[C@H]1CCc2cc(I)ccc2O1. The molecule has 0 bridgehead atoms. The Morgan fingerprint density at radius 2 is 1.91 bits per heavy atom. The average molecular weight is 598 g/mol. The minimum absolute atomic E-state index is 0.0233. The first-order chi connectivity index (χ1) is 15.9. The molecule has 1 unspecified atom stereocenters. The van der Waals surface area contributed by atoms with E-state index in [-0.39, 0.29) is 17.2 Å². The van der Waals surface area contributed by atoms with Crippen molar-refractivity contribution in [3.63, 3.8) is 0 Å². The van der Waals surface area contributed by atoms with E-state index in [4.69, 9.17) is 24.4 Å². The molecule has 1 aliphatic rings. The van der Waals surface area contributed by atoms with Crippen LogP contribution < -0.4 is 15.2 Å². The van der Waals surface area contributed by atoms with Crippen LogP contribution in [0.3, 0.4) is 0 Å². The summed E-state index contributed by atoms with van der Waals surface area (Å²) in [5, 5.41) is 0.0233. The molecule has 1 heterocycles. The van der Waals surface area contributed by atoms with E-state index in [0.29, 0.717) is 13.0 Å². The first-order valence-electron chi connectivity index (χ1n) is 11.7. The molecule has 186 valence electrons. The van der Waals surface area contributed by atoms with Crippen molar-refractivity contribution in [3.05, 3.63) is 57.7 Å². The Hall–Kier alpha value is -1.78. The van der Waals surface area contributed by atoms with Crippen LogP contribution in [0, 0.1) is 3.57 Å². The molecule has 6 nitrogen and oxygen atoms in total. The number of aryl methyl sites for hydroxylation is 1. The van der Waals surface area contributed by atoms with E-state index in [1.807, 2.05) is 42.5 Å². The zero-order valence-corrected chi connectivity index (χ0v) is 23.8. The highest BCUT2D eigenvalue weighted by Gasteiger charge is 2.41. The summed E-state index contributed by atoms with van der Waals surface area (Å²) in [6.45, 7) is 11.4. The topological polar surface area (TPSA) is 80.0 Å². The van der Waals surface area contributed by atoms with Crippen LogP contribution in [0.25, 0.3) is 0 Å². The van der Waals surface area contributed by atoms with Crippen LogP contribution in [-0.4, -0.2) is 39.3 Å². The number of para-hydroxylation sites is 1. The van der Waals surface area contributed by atoms with E-state index in [0.717, 1.165) is 24.3 Å². The van der Waals surface area contributed by atoms with Gasteiger partial charge in [-0.1, -0.05) is 39.0 Å². The van der Waals surface area contributed by atoms with Crippen molar-refractivity contribution in [2.45, 2.75) is 76.5 Å². The number of ether oxygens (including phenoxy) is 3. The molecule has 34 heavy (non-hydrogen) atoms. The minimum atomic E-state index is -2.12. The fourth-order valence-corrected chi connectivity index (χ4v) is 5.68. The molecule has 1 amide bonds. The summed E-state index contributed by atoms with van der Waals surface area (Å²) >= 11 is 2.30. The van der Waals surface area contributed by atoms with Crippen molar-refractivity contribution in [2.24, 2.45) is 5.73 Å². The van der Waals surface area contributed by atoms with Crippen LogP contribution in [-0.2, 0) is 15.6 Å². The monoisotopic (exact) mass is 597 g/mol. The van der Waals surface area contributed by atoms with Gasteiger partial charge in [-0.15, -0.1) is 0 Å². The fraction of sp³-hybridized carbons (Fsp3) is 0.500. The second-order valence-corrected chi connectivity index (χ2v) is 16.3. The van der Waals surface area contributed by atoms with E-state index in [2.05, 4.69) is 62.5 Å². The maximum atomic E-state index is 11.8. The first kappa shape index (κ1) is 26.8. The van der Waals surface area contributed by atoms with Gasteiger partial charge in [0, 0.05) is 9.99 Å². The highest BCUT2D eigenvalue weighted by molar-refractivity contribution is 14.1. The van der Waals surface area contributed by atoms with Crippen LogP contribution in [0.4, 0.5) is 4.79 Å². The molecule has 0 spiro atoms. The van der Waals surface area contributed by atoms with Crippen molar-refractivity contribution in [1.29, 1.82) is 0 Å². The summed E-state index contributed by atoms with van der Waals surface area (Å²) in [6.07, 6.45) is 0.0824. The van der Waals surface area contributed by atoms with Crippen LogP contribution >= 0.6 is 22.6 Å². The number of hydrogen-bond donors (Lipinski definition) is 1. The molecule has 3 atom stereocenters. The first-order valence-corrected chi connectivity index (χ1v) is 15.7. The molecule has 0 saturated heterocycles. The lowest BCUT2D eigenvalue weighted by Crippen LogP contribution is -2.48. The predicted octanol–water partition coefficient (Wildman–Crippen LogP) is 6.31. The lowest BCUT2D eigenvalue weighted by Gasteiger charge is -2.40. The lowest BCUT2D eigenvalue weighted by atomic mass is 9.96. The van der Waals surface area contributed by atoms with Crippen molar-refractivity contribution < 1.29 is 23.4 Å². The Balaban J connectivity index is 1.80. The highest BCUT2D eigenvalue weighted by atomic mass is 127. The van der Waals surface area contributed by atoms with Crippen LogP contribution in [0.15, 0.2) is 48.5 Å². The van der Waals surface area contributed by atoms with Crippen molar-refractivity contribution in [3.8, 4) is 11.5 Å². The number of rotatable bonds is 9. The van der Waals surface area contributed by atoms with E-state index < -0.39 is 20.5 Å². The Kier molecular flexibility index (Phi) is 8.91. The second kappa shape index (κ2) is 11.3. The lowest BCUT2D eigenvalue weighted by molar-refractivity contribution is -0.0217. The van der Waals surface area contributed by atoms with Crippen molar-refractivity contribution in [2.75, 3.05) is 6.61 Å². The number of halogens is 1. The Morgan fingerprint density at radius 1 is 1.21 bits per heavy atom. The van der Waals surface area contributed by atoms with Gasteiger partial charge in [-0.25, -0.2) is 4.79 Å². The van der Waals surface area contributed by atoms with Gasteiger partial charge in [0.1, 0.15) is 30.3 Å². The predicted molar refractivity (Wildman–Crippen MR) is 145 cm³/mol. The molecule has 0 saturated carbocycles. The zero-order valence-electron chi connectivity index (χ0n) is 20.7. The normalized spacial score (nSPS) is 17.8. The van der Waals surface area contributed by atoms with Crippen molar-refractivity contribution >= 4 is 37.0 Å². The highest BCUT2D eigenvalue weighted by Crippen LogP contribution is 2.38. The van der Waals surface area contributed by atoms with Gasteiger partial charge < -0.3 is 24.4 Å². The third-order valence-electron chi connectivity index (χ3n) is 6.62. The third kappa shape index (κ3) is 7.36. The third-order valence-corrected chi connectivity index (χ3v) is 11.8. The van der Waals surface area contributed by atoms with Gasteiger partial charge in [0.05, 0.1) is 6.10 Å². The molecule has 0 fully saturated rings. The largest absolute Gasteiger partial charge is 0.491 e. The van der Waals surface area contributed by atoms with E-state index in [9.17, 15) is 4.79 Å². The smallest absolute Gasteiger partial charge is 0.404 e. The Morgan fingerprint density at radius 3 is 2.56 bits per heavy atom. The minimum Gasteiger partial charge on any atom is -0.491 e. The van der Waals surface area contributed by atoms with E-state index in [1.54, 1.807) is 0 Å². The van der Waals surface area contributed by atoms with Gasteiger partial charge >= 0.3 is 6.09 Å². The maximum Gasteiger partial charge on any atom is 0.404 e. The van der Waals surface area contributed by atoms with Gasteiger partial charge in [-0.2, -0.15) is 0 Å². The molecule has 8 heteroatoms. The summed E-state index contributed by atoms with van der Waals surface area (Å²) in [4.78, 5) is 11.8. The second-order valence-electron chi connectivity index (χ2n) is 10.3. The number of benzene rings is 2. The number of fused-ring (bicyclic) bond motifs is 1. The standard InChI is InChI=1S/C26H36INO5Si/c1-26(2,3)34(4,5)33-21(17-30-20-9-7-6-8-10-20)16-24(32-25(28)29)23-13-11-18-15-19(27)12-14-22(18)31-23/h6-10,12,14-15,21,23-24H,11,13,16-17H2,1-5H3,(H2,28,29)/t21-,23+,24?/m0/s1. The summed E-state index contributed by atoms with van der Waals surface area (Å²) in [5.74, 6) is 1.60. The summed E-state index contributed by atoms with van der Waals surface area (Å²) < 4.78 is 25.9. The molecular formula is C26H36INO5Si. The molecule has 0 aromatic heterocycles. The number of carbonyl (C=O) groups excluding carboxylic acids is 1. The van der Waals surface area contributed by atoms with Crippen LogP contribution in [0.5, 0.6) is 11.5 Å². The van der Waals surface area contributed by atoms with E-state index >= 15 is 0 Å². The van der Waals surface area contributed by atoms with Crippen LogP contribution in [0.2, 0.25) is 18.1 Å². The molecule has 1 aliphatic heterocycles. The molecule has 2 aromatic rings. The average Bonchev–Trinajstić information content (AvgIpc) is 2.76. The molecule has 2 aromatic carbocycles. The molecule has 3 rings (SSSR count). The van der Waals surface area contributed by atoms with Gasteiger partial charge in [-0.05, 0) is 89.5 Å². The molecule has 2 N–H and O–H groups in total.